The van der Waals surface area contributed by atoms with Crippen molar-refractivity contribution in [2.45, 2.75) is 0 Å². The van der Waals surface area contributed by atoms with Gasteiger partial charge in [-0.3, -0.25) is 10.1 Å². The Kier molecular flexibility index (Phi) is 5.21. The van der Waals surface area contributed by atoms with E-state index < -0.39 is 22.6 Å². The molecule has 1 aromatic rings. The van der Waals surface area contributed by atoms with Crippen LogP contribution in [-0.4, -0.2) is 24.0 Å². The number of carbonyl (C=O) groups is 2. The van der Waals surface area contributed by atoms with Crippen molar-refractivity contribution < 1.29 is 24.4 Å². The van der Waals surface area contributed by atoms with Crippen LogP contribution in [0.15, 0.2) is 34.4 Å². The average Bonchev–Trinajstić information content (AvgIpc) is 2.36. The topological polar surface area (TPSA) is 122 Å². The number of hydrogen-bond acceptors (Lipinski definition) is 7. The van der Waals surface area contributed by atoms with Crippen molar-refractivity contribution in [2.24, 2.45) is 0 Å². The minimum Gasteiger partial charge on any atom is -0.545 e. The molecule has 1 rings (SSSR count). The van der Waals surface area contributed by atoms with Crippen LogP contribution in [0.5, 0.6) is 0 Å². The number of rotatable bonds is 5. The van der Waals surface area contributed by atoms with Gasteiger partial charge in [-0.2, -0.15) is 0 Å². The summed E-state index contributed by atoms with van der Waals surface area (Å²) in [7, 11) is 1.04. The standard InChI is InChI=1S/C11H9BrN2O6/c1-20-11(17)8(5-10(15)16)13-7-4-6(12)2-3-9(7)14(18)19/h2-5,13H,1H3,(H,15,16)/p-1. The first-order valence-corrected chi connectivity index (χ1v) is 5.86. The number of carbonyl (C=O) groups excluding carboxylic acids is 2. The number of nitro groups is 1. The first kappa shape index (κ1) is 15.6. The molecule has 0 saturated carbocycles. The summed E-state index contributed by atoms with van der Waals surface area (Å²) in [5, 5.41) is 23.7. The number of hydrogen-bond donors (Lipinski definition) is 1. The molecule has 1 aromatic carbocycles. The number of methoxy groups -OCH3 is 1. The molecule has 0 atom stereocenters. The highest BCUT2D eigenvalue weighted by molar-refractivity contribution is 9.10. The second-order valence-electron chi connectivity index (χ2n) is 3.41. The quantitative estimate of drug-likeness (QED) is 0.359. The lowest BCUT2D eigenvalue weighted by Gasteiger charge is -2.10. The molecule has 0 unspecified atom stereocenters. The normalized spacial score (nSPS) is 10.8. The number of halogens is 1. The Labute approximate surface area is 121 Å². The SMILES string of the molecule is COC(=O)C(=CC(=O)[O-])Nc1cc(Br)ccc1[N+](=O)[O-]. The molecule has 1 N–H and O–H groups in total. The van der Waals surface area contributed by atoms with Crippen LogP contribution in [0, 0.1) is 10.1 Å². The third kappa shape index (κ3) is 4.05. The summed E-state index contributed by atoms with van der Waals surface area (Å²) < 4.78 is 4.88. The van der Waals surface area contributed by atoms with Crippen LogP contribution in [0.2, 0.25) is 0 Å². The number of carboxylic acid groups (broad SMARTS) is 1. The van der Waals surface area contributed by atoms with Gasteiger partial charge in [0.05, 0.1) is 18.0 Å². The molecule has 0 aliphatic carbocycles. The summed E-state index contributed by atoms with van der Waals surface area (Å²) in [4.78, 5) is 32.1. The Morgan fingerprint density at radius 3 is 2.60 bits per heavy atom. The number of aliphatic carboxylic acids is 1. The Morgan fingerprint density at radius 2 is 2.10 bits per heavy atom. The number of anilines is 1. The van der Waals surface area contributed by atoms with Gasteiger partial charge in [0.2, 0.25) is 0 Å². The number of nitrogens with zero attached hydrogens (tertiary/aromatic N) is 1. The van der Waals surface area contributed by atoms with Crippen molar-refractivity contribution in [3.8, 4) is 0 Å². The number of ether oxygens (including phenoxy) is 1. The molecule has 0 saturated heterocycles. The van der Waals surface area contributed by atoms with Crippen LogP contribution < -0.4 is 10.4 Å². The number of esters is 1. The largest absolute Gasteiger partial charge is 0.545 e. The maximum Gasteiger partial charge on any atom is 0.354 e. The first-order chi connectivity index (χ1) is 9.35. The summed E-state index contributed by atoms with van der Waals surface area (Å²) >= 11 is 3.11. The number of carboxylic acids is 1. The van der Waals surface area contributed by atoms with E-state index in [0.717, 1.165) is 7.11 Å². The molecule has 106 valence electrons. The highest BCUT2D eigenvalue weighted by Gasteiger charge is 2.18. The summed E-state index contributed by atoms with van der Waals surface area (Å²) in [6.45, 7) is 0. The van der Waals surface area contributed by atoms with E-state index in [4.69, 9.17) is 0 Å². The lowest BCUT2D eigenvalue weighted by atomic mass is 10.2. The first-order valence-electron chi connectivity index (χ1n) is 5.07. The Hall–Kier alpha value is -2.42. The fourth-order valence-corrected chi connectivity index (χ4v) is 1.65. The van der Waals surface area contributed by atoms with Gasteiger partial charge < -0.3 is 20.0 Å². The van der Waals surface area contributed by atoms with Crippen LogP contribution >= 0.6 is 15.9 Å². The van der Waals surface area contributed by atoms with Crippen molar-refractivity contribution in [2.75, 3.05) is 12.4 Å². The second kappa shape index (κ2) is 6.66. The average molecular weight is 344 g/mol. The van der Waals surface area contributed by atoms with Gasteiger partial charge in [0.25, 0.3) is 5.69 Å². The Bertz CT molecular complexity index is 599. The van der Waals surface area contributed by atoms with E-state index in [1.165, 1.54) is 18.2 Å². The van der Waals surface area contributed by atoms with E-state index in [1.54, 1.807) is 0 Å². The van der Waals surface area contributed by atoms with Gasteiger partial charge in [-0.15, -0.1) is 0 Å². The molecule has 8 nitrogen and oxygen atoms in total. The summed E-state index contributed by atoms with van der Waals surface area (Å²) in [6, 6.07) is 3.95. The monoisotopic (exact) mass is 343 g/mol. The third-order valence-corrected chi connectivity index (χ3v) is 2.59. The molecule has 0 fully saturated rings. The Balaban J connectivity index is 3.23. The molecule has 0 aliphatic heterocycles. The molecule has 0 aliphatic rings. The van der Waals surface area contributed by atoms with Crippen molar-refractivity contribution >= 4 is 39.2 Å². The number of benzene rings is 1. The lowest BCUT2D eigenvalue weighted by Crippen LogP contribution is -2.23. The molecule has 0 aromatic heterocycles. The van der Waals surface area contributed by atoms with E-state index >= 15 is 0 Å². The zero-order chi connectivity index (χ0) is 15.3. The van der Waals surface area contributed by atoms with Gasteiger partial charge in [0.1, 0.15) is 11.4 Å². The van der Waals surface area contributed by atoms with Gasteiger partial charge in [-0.25, -0.2) is 4.79 Å². The molecule has 0 radical (unpaired) electrons. The molecule has 0 amide bonds. The highest BCUT2D eigenvalue weighted by Crippen LogP contribution is 2.29. The molecule has 9 heteroatoms. The maximum absolute atomic E-state index is 11.4. The predicted molar refractivity (Wildman–Crippen MR) is 69.5 cm³/mol. The van der Waals surface area contributed by atoms with E-state index in [1.807, 2.05) is 0 Å². The molecule has 0 heterocycles. The maximum atomic E-state index is 11.4. The van der Waals surface area contributed by atoms with Crippen LogP contribution in [0.4, 0.5) is 11.4 Å². The third-order valence-electron chi connectivity index (χ3n) is 2.09. The van der Waals surface area contributed by atoms with Crippen LogP contribution in [0.3, 0.4) is 0 Å². The van der Waals surface area contributed by atoms with E-state index in [0.29, 0.717) is 10.5 Å². The summed E-state index contributed by atoms with van der Waals surface area (Å²) in [6.07, 6.45) is 0.455. The fourth-order valence-electron chi connectivity index (χ4n) is 1.29. The fraction of sp³-hybridized carbons (Fsp3) is 0.0909. The van der Waals surface area contributed by atoms with Gasteiger partial charge in [-0.1, -0.05) is 15.9 Å². The minimum absolute atomic E-state index is 0.0673. The summed E-state index contributed by atoms with van der Waals surface area (Å²) in [5.41, 5.74) is -0.891. The van der Waals surface area contributed by atoms with E-state index in [9.17, 15) is 24.8 Å². The zero-order valence-corrected chi connectivity index (χ0v) is 11.7. The molecule has 0 spiro atoms. The summed E-state index contributed by atoms with van der Waals surface area (Å²) in [5.74, 6) is -2.64. The van der Waals surface area contributed by atoms with Gasteiger partial charge in [0.15, 0.2) is 0 Å². The molecular formula is C11H8BrN2O6-. The van der Waals surface area contributed by atoms with E-state index in [-0.39, 0.29) is 11.4 Å². The molecule has 0 bridgehead atoms. The van der Waals surface area contributed by atoms with E-state index in [2.05, 4.69) is 26.0 Å². The Morgan fingerprint density at radius 1 is 1.45 bits per heavy atom. The van der Waals surface area contributed by atoms with Crippen molar-refractivity contribution in [1.82, 2.24) is 0 Å². The number of nitrogens with one attached hydrogen (secondary N) is 1. The molecule has 20 heavy (non-hydrogen) atoms. The smallest absolute Gasteiger partial charge is 0.354 e. The van der Waals surface area contributed by atoms with Crippen LogP contribution in [-0.2, 0) is 14.3 Å². The lowest BCUT2D eigenvalue weighted by molar-refractivity contribution is -0.383. The van der Waals surface area contributed by atoms with Crippen molar-refractivity contribution in [3.05, 3.63) is 44.6 Å². The van der Waals surface area contributed by atoms with Crippen molar-refractivity contribution in [1.29, 1.82) is 0 Å². The van der Waals surface area contributed by atoms with Crippen molar-refractivity contribution in [3.63, 3.8) is 0 Å². The van der Waals surface area contributed by atoms with Gasteiger partial charge in [0, 0.05) is 10.5 Å². The number of nitro benzene ring substituents is 1. The zero-order valence-electron chi connectivity index (χ0n) is 10.1. The van der Waals surface area contributed by atoms with Gasteiger partial charge in [-0.05, 0) is 18.2 Å². The highest BCUT2D eigenvalue weighted by atomic mass is 79.9. The van der Waals surface area contributed by atoms with Crippen LogP contribution in [0.25, 0.3) is 0 Å². The second-order valence-corrected chi connectivity index (χ2v) is 4.33. The minimum atomic E-state index is -1.64. The van der Waals surface area contributed by atoms with Gasteiger partial charge >= 0.3 is 5.97 Å². The van der Waals surface area contributed by atoms with Crippen LogP contribution in [0.1, 0.15) is 0 Å². The molecular weight excluding hydrogens is 336 g/mol. The predicted octanol–water partition coefficient (Wildman–Crippen LogP) is 0.576.